The van der Waals surface area contributed by atoms with E-state index in [2.05, 4.69) is 9.97 Å². The van der Waals surface area contributed by atoms with Crippen LogP contribution in [0.4, 0.5) is 0 Å². The Bertz CT molecular complexity index is 706. The molecule has 3 aromatic rings. The number of nitrogens with one attached hydrogen (secondary N) is 1. The van der Waals surface area contributed by atoms with Crippen LogP contribution in [0.3, 0.4) is 0 Å². The Hall–Kier alpha value is -2.00. The topological polar surface area (TPSA) is 37.9 Å². The van der Waals surface area contributed by atoms with E-state index in [4.69, 9.17) is 16.3 Å². The predicted octanol–water partition coefficient (Wildman–Crippen LogP) is 3.89. The van der Waals surface area contributed by atoms with Crippen LogP contribution in [-0.2, 0) is 0 Å². The average molecular weight is 259 g/mol. The highest BCUT2D eigenvalue weighted by Crippen LogP contribution is 2.31. The number of aromatic nitrogens is 2. The second-order valence-electron chi connectivity index (χ2n) is 3.98. The minimum absolute atomic E-state index is 0.482. The fourth-order valence-electron chi connectivity index (χ4n) is 2.01. The van der Waals surface area contributed by atoms with Crippen molar-refractivity contribution in [3.63, 3.8) is 0 Å². The molecule has 0 spiro atoms. The van der Waals surface area contributed by atoms with E-state index in [0.717, 1.165) is 27.9 Å². The van der Waals surface area contributed by atoms with Gasteiger partial charge in [0.05, 0.1) is 18.3 Å². The molecule has 2 heterocycles. The summed E-state index contributed by atoms with van der Waals surface area (Å²) < 4.78 is 5.36. The lowest BCUT2D eigenvalue weighted by Gasteiger charge is -2.05. The van der Waals surface area contributed by atoms with Crippen LogP contribution in [0.1, 0.15) is 0 Å². The van der Waals surface area contributed by atoms with E-state index < -0.39 is 0 Å². The van der Waals surface area contributed by atoms with Crippen molar-refractivity contribution in [2.24, 2.45) is 0 Å². The molecule has 1 aromatic carbocycles. The van der Waals surface area contributed by atoms with Gasteiger partial charge in [-0.2, -0.15) is 0 Å². The molecule has 1 N–H and O–H groups in total. The maximum atomic E-state index is 5.88. The second-order valence-corrected chi connectivity index (χ2v) is 4.36. The predicted molar refractivity (Wildman–Crippen MR) is 73.1 cm³/mol. The Labute approximate surface area is 109 Å². The monoisotopic (exact) mass is 258 g/mol. The van der Waals surface area contributed by atoms with Crippen molar-refractivity contribution >= 4 is 22.5 Å². The smallest absolute Gasteiger partial charge is 0.131 e. The van der Waals surface area contributed by atoms with Crippen LogP contribution in [0.2, 0.25) is 5.15 Å². The molecule has 0 amide bonds. The third-order valence-corrected chi connectivity index (χ3v) is 3.07. The summed E-state index contributed by atoms with van der Waals surface area (Å²) in [7, 11) is 1.67. The zero-order chi connectivity index (χ0) is 12.5. The molecule has 2 aromatic heterocycles. The lowest BCUT2D eigenvalue weighted by molar-refractivity contribution is 0.416. The summed E-state index contributed by atoms with van der Waals surface area (Å²) in [6.07, 6.45) is 1.76. The largest absolute Gasteiger partial charge is 0.496 e. The van der Waals surface area contributed by atoms with Crippen LogP contribution in [0.5, 0.6) is 5.75 Å². The van der Waals surface area contributed by atoms with Crippen LogP contribution in [0, 0.1) is 0 Å². The summed E-state index contributed by atoms with van der Waals surface area (Å²) >= 11 is 5.88. The number of nitrogens with zero attached hydrogens (tertiary/aromatic N) is 1. The van der Waals surface area contributed by atoms with Gasteiger partial charge in [0.15, 0.2) is 0 Å². The van der Waals surface area contributed by atoms with E-state index in [1.807, 2.05) is 36.4 Å². The van der Waals surface area contributed by atoms with Gasteiger partial charge in [0.2, 0.25) is 0 Å². The van der Waals surface area contributed by atoms with Crippen LogP contribution in [0.15, 0.2) is 42.6 Å². The first-order valence-corrected chi connectivity index (χ1v) is 5.93. The zero-order valence-electron chi connectivity index (χ0n) is 9.77. The number of halogens is 1. The number of hydrogen-bond donors (Lipinski definition) is 1. The lowest BCUT2D eigenvalue weighted by Crippen LogP contribution is -1.86. The van der Waals surface area contributed by atoms with Gasteiger partial charge in [-0.25, -0.2) is 4.98 Å². The zero-order valence-corrected chi connectivity index (χ0v) is 10.5. The van der Waals surface area contributed by atoms with Crippen LogP contribution in [0.25, 0.3) is 22.2 Å². The summed E-state index contributed by atoms with van der Waals surface area (Å²) in [5.74, 6) is 0.836. The molecule has 0 radical (unpaired) electrons. The van der Waals surface area contributed by atoms with Gasteiger partial charge >= 0.3 is 0 Å². The Morgan fingerprint density at radius 2 is 2.06 bits per heavy atom. The number of para-hydroxylation sites is 1. The van der Waals surface area contributed by atoms with Gasteiger partial charge in [-0.15, -0.1) is 0 Å². The molecule has 90 valence electrons. The van der Waals surface area contributed by atoms with E-state index in [1.54, 1.807) is 13.3 Å². The van der Waals surface area contributed by atoms with E-state index in [0.29, 0.717) is 5.15 Å². The maximum Gasteiger partial charge on any atom is 0.131 e. The average Bonchev–Trinajstić information content (AvgIpc) is 2.81. The number of aromatic amines is 1. The first-order valence-electron chi connectivity index (χ1n) is 5.55. The van der Waals surface area contributed by atoms with E-state index in [1.165, 1.54) is 0 Å². The standard InChI is InChI=1S/C14H11ClN2O/c1-18-13-5-3-2-4-10(13)12-6-9-8-16-14(15)7-11(9)17-12/h2-8,17H,1H3. The molecule has 0 aliphatic rings. The van der Waals surface area contributed by atoms with Gasteiger partial charge in [0.1, 0.15) is 10.9 Å². The van der Waals surface area contributed by atoms with Crippen molar-refractivity contribution < 1.29 is 4.74 Å². The molecule has 3 rings (SSSR count). The molecule has 4 heteroatoms. The van der Waals surface area contributed by atoms with Gasteiger partial charge in [0.25, 0.3) is 0 Å². The summed E-state index contributed by atoms with van der Waals surface area (Å²) in [4.78, 5) is 7.39. The van der Waals surface area contributed by atoms with Crippen molar-refractivity contribution in [1.29, 1.82) is 0 Å². The fraction of sp³-hybridized carbons (Fsp3) is 0.0714. The molecule has 0 aliphatic heterocycles. The van der Waals surface area contributed by atoms with Crippen LogP contribution in [-0.4, -0.2) is 17.1 Å². The van der Waals surface area contributed by atoms with Crippen molar-refractivity contribution in [2.45, 2.75) is 0 Å². The number of benzene rings is 1. The first-order chi connectivity index (χ1) is 8.78. The second kappa shape index (κ2) is 4.35. The van der Waals surface area contributed by atoms with E-state index >= 15 is 0 Å². The fourth-order valence-corrected chi connectivity index (χ4v) is 2.17. The number of ether oxygens (including phenoxy) is 1. The van der Waals surface area contributed by atoms with Crippen molar-refractivity contribution in [3.8, 4) is 17.0 Å². The van der Waals surface area contributed by atoms with Gasteiger partial charge in [-0.3, -0.25) is 0 Å². The van der Waals surface area contributed by atoms with E-state index in [-0.39, 0.29) is 0 Å². The minimum atomic E-state index is 0.482. The third kappa shape index (κ3) is 1.83. The molecule has 0 unspecified atom stereocenters. The summed E-state index contributed by atoms with van der Waals surface area (Å²) in [5, 5.41) is 1.51. The SMILES string of the molecule is COc1ccccc1-c1cc2cnc(Cl)cc2[nH]1. The number of hydrogen-bond acceptors (Lipinski definition) is 2. The van der Waals surface area contributed by atoms with Gasteiger partial charge in [-0.05, 0) is 24.3 Å². The minimum Gasteiger partial charge on any atom is -0.496 e. The summed E-state index contributed by atoms with van der Waals surface area (Å²) in [6, 6.07) is 11.7. The Morgan fingerprint density at radius 1 is 1.22 bits per heavy atom. The summed E-state index contributed by atoms with van der Waals surface area (Å²) in [5.41, 5.74) is 2.98. The first kappa shape index (κ1) is 11.1. The molecular weight excluding hydrogens is 248 g/mol. The number of fused-ring (bicyclic) bond motifs is 1. The molecule has 0 saturated heterocycles. The normalized spacial score (nSPS) is 10.8. The Kier molecular flexibility index (Phi) is 2.68. The highest BCUT2D eigenvalue weighted by atomic mass is 35.5. The number of methoxy groups -OCH3 is 1. The van der Waals surface area contributed by atoms with Crippen molar-refractivity contribution in [1.82, 2.24) is 9.97 Å². The molecule has 0 atom stereocenters. The van der Waals surface area contributed by atoms with Crippen molar-refractivity contribution in [2.75, 3.05) is 7.11 Å². The third-order valence-electron chi connectivity index (χ3n) is 2.87. The van der Waals surface area contributed by atoms with Crippen LogP contribution >= 0.6 is 11.6 Å². The molecule has 0 bridgehead atoms. The van der Waals surface area contributed by atoms with Gasteiger partial charge in [-0.1, -0.05) is 23.7 Å². The lowest BCUT2D eigenvalue weighted by atomic mass is 10.1. The molecule has 18 heavy (non-hydrogen) atoms. The molecule has 0 saturated carbocycles. The number of pyridine rings is 1. The van der Waals surface area contributed by atoms with Crippen LogP contribution < -0.4 is 4.74 Å². The molecule has 0 fully saturated rings. The van der Waals surface area contributed by atoms with Crippen molar-refractivity contribution in [3.05, 3.63) is 47.7 Å². The van der Waals surface area contributed by atoms with Gasteiger partial charge in [0, 0.05) is 17.1 Å². The molecular formula is C14H11ClN2O. The molecule has 3 nitrogen and oxygen atoms in total. The molecule has 0 aliphatic carbocycles. The highest BCUT2D eigenvalue weighted by Gasteiger charge is 2.08. The quantitative estimate of drug-likeness (QED) is 0.708. The maximum absolute atomic E-state index is 5.88. The Morgan fingerprint density at radius 3 is 2.89 bits per heavy atom. The number of rotatable bonds is 2. The number of H-pyrrole nitrogens is 1. The Balaban J connectivity index is 2.19. The summed E-state index contributed by atoms with van der Waals surface area (Å²) in [6.45, 7) is 0. The van der Waals surface area contributed by atoms with Gasteiger partial charge < -0.3 is 9.72 Å². The highest BCUT2D eigenvalue weighted by molar-refractivity contribution is 6.30. The van der Waals surface area contributed by atoms with E-state index in [9.17, 15) is 0 Å².